The van der Waals surface area contributed by atoms with Gasteiger partial charge < -0.3 is 4.90 Å². The lowest BCUT2D eigenvalue weighted by molar-refractivity contribution is 0.185. The molecule has 0 aliphatic carbocycles. The van der Waals surface area contributed by atoms with E-state index < -0.39 is 0 Å². The molecule has 0 N–H and O–H groups in total. The van der Waals surface area contributed by atoms with Crippen LogP contribution >= 0.6 is 11.8 Å². The lowest BCUT2D eigenvalue weighted by Gasteiger charge is -2.40. The molecular formula is C18H28N6S. The SMILES string of the molecule is CCCc1nc(N2CCC(N3CCSCC3)CC2)c2cnn(C)c2n1. The Hall–Kier alpha value is -1.34. The summed E-state index contributed by atoms with van der Waals surface area (Å²) >= 11 is 2.09. The lowest BCUT2D eigenvalue weighted by atomic mass is 10.0. The molecule has 0 saturated carbocycles. The van der Waals surface area contributed by atoms with Gasteiger partial charge in [0.25, 0.3) is 0 Å². The van der Waals surface area contributed by atoms with Crippen molar-refractivity contribution in [2.75, 3.05) is 42.6 Å². The molecule has 0 bridgehead atoms. The van der Waals surface area contributed by atoms with E-state index >= 15 is 0 Å². The molecule has 0 spiro atoms. The first kappa shape index (κ1) is 17.1. The minimum Gasteiger partial charge on any atom is -0.356 e. The molecule has 2 aliphatic heterocycles. The Morgan fingerprint density at radius 1 is 1.12 bits per heavy atom. The van der Waals surface area contributed by atoms with Crippen LogP contribution in [0.15, 0.2) is 6.20 Å². The molecule has 2 saturated heterocycles. The third-order valence-corrected chi connectivity index (χ3v) is 6.36. The molecule has 2 aliphatic rings. The molecule has 4 rings (SSSR count). The molecule has 2 aromatic rings. The molecule has 6 nitrogen and oxygen atoms in total. The molecule has 25 heavy (non-hydrogen) atoms. The first-order valence-corrected chi connectivity index (χ1v) is 10.7. The average Bonchev–Trinajstić information content (AvgIpc) is 3.03. The molecule has 0 unspecified atom stereocenters. The molecule has 0 amide bonds. The number of hydrogen-bond acceptors (Lipinski definition) is 6. The van der Waals surface area contributed by atoms with Crippen LogP contribution in [0, 0.1) is 0 Å². The Morgan fingerprint density at radius 3 is 2.60 bits per heavy atom. The summed E-state index contributed by atoms with van der Waals surface area (Å²) in [5.74, 6) is 4.63. The third-order valence-electron chi connectivity index (χ3n) is 5.42. The van der Waals surface area contributed by atoms with E-state index in [2.05, 4.69) is 33.6 Å². The summed E-state index contributed by atoms with van der Waals surface area (Å²) in [5, 5.41) is 5.51. The number of nitrogens with zero attached hydrogens (tertiary/aromatic N) is 6. The van der Waals surface area contributed by atoms with Crippen molar-refractivity contribution in [2.45, 2.75) is 38.6 Å². The van der Waals surface area contributed by atoms with Gasteiger partial charge in [-0.1, -0.05) is 6.92 Å². The van der Waals surface area contributed by atoms with Crippen molar-refractivity contribution in [2.24, 2.45) is 7.05 Å². The van der Waals surface area contributed by atoms with Gasteiger partial charge in [0.15, 0.2) is 5.65 Å². The highest BCUT2D eigenvalue weighted by atomic mass is 32.2. The number of thioether (sulfide) groups is 1. The van der Waals surface area contributed by atoms with E-state index in [1.807, 2.05) is 17.9 Å². The van der Waals surface area contributed by atoms with Crippen molar-refractivity contribution >= 4 is 28.6 Å². The van der Waals surface area contributed by atoms with E-state index in [0.29, 0.717) is 0 Å². The highest BCUT2D eigenvalue weighted by Crippen LogP contribution is 2.28. The molecule has 7 heteroatoms. The number of aryl methyl sites for hydroxylation is 2. The van der Waals surface area contributed by atoms with Crippen molar-refractivity contribution in [3.63, 3.8) is 0 Å². The second-order valence-corrected chi connectivity index (χ2v) is 8.31. The summed E-state index contributed by atoms with van der Waals surface area (Å²) < 4.78 is 1.87. The normalized spacial score (nSPS) is 20.5. The number of anilines is 1. The second-order valence-electron chi connectivity index (χ2n) is 7.09. The molecule has 0 radical (unpaired) electrons. The maximum absolute atomic E-state index is 4.91. The van der Waals surface area contributed by atoms with Crippen molar-refractivity contribution in [1.82, 2.24) is 24.6 Å². The number of fused-ring (bicyclic) bond motifs is 1. The summed E-state index contributed by atoms with van der Waals surface area (Å²) in [6.45, 7) is 6.87. The number of hydrogen-bond donors (Lipinski definition) is 0. The van der Waals surface area contributed by atoms with Crippen molar-refractivity contribution in [3.05, 3.63) is 12.0 Å². The first-order valence-electron chi connectivity index (χ1n) is 9.51. The van der Waals surface area contributed by atoms with Crippen LogP contribution in [0.5, 0.6) is 0 Å². The average molecular weight is 361 g/mol. The molecule has 2 fully saturated rings. The second kappa shape index (κ2) is 7.50. The summed E-state index contributed by atoms with van der Waals surface area (Å²) in [6, 6.07) is 0.749. The van der Waals surface area contributed by atoms with Crippen molar-refractivity contribution in [3.8, 4) is 0 Å². The zero-order chi connectivity index (χ0) is 17.2. The van der Waals surface area contributed by atoms with Crippen LogP contribution in [-0.4, -0.2) is 68.4 Å². The van der Waals surface area contributed by atoms with Gasteiger partial charge in [-0.2, -0.15) is 16.9 Å². The van der Waals surface area contributed by atoms with Crippen LogP contribution in [-0.2, 0) is 13.5 Å². The van der Waals surface area contributed by atoms with Gasteiger partial charge >= 0.3 is 0 Å². The Balaban J connectivity index is 1.54. The Labute approximate surface area is 154 Å². The zero-order valence-corrected chi connectivity index (χ0v) is 16.1. The fraction of sp³-hybridized carbons (Fsp3) is 0.722. The molecule has 4 heterocycles. The number of rotatable bonds is 4. The van der Waals surface area contributed by atoms with Gasteiger partial charge in [-0.3, -0.25) is 9.58 Å². The predicted octanol–water partition coefficient (Wildman–Crippen LogP) is 2.33. The van der Waals surface area contributed by atoms with Crippen LogP contribution in [0.4, 0.5) is 5.82 Å². The minimum absolute atomic E-state index is 0.749. The molecule has 0 atom stereocenters. The lowest BCUT2D eigenvalue weighted by Crippen LogP contribution is -2.48. The largest absolute Gasteiger partial charge is 0.356 e. The minimum atomic E-state index is 0.749. The molecule has 2 aromatic heterocycles. The highest BCUT2D eigenvalue weighted by Gasteiger charge is 2.27. The van der Waals surface area contributed by atoms with E-state index in [1.54, 1.807) is 0 Å². The first-order chi connectivity index (χ1) is 12.3. The van der Waals surface area contributed by atoms with E-state index in [-0.39, 0.29) is 0 Å². The standard InChI is InChI=1S/C18H28N6S/c1-3-4-16-20-17-15(13-19-22(17)2)18(21-16)24-7-5-14(6-8-24)23-9-11-25-12-10-23/h13-14H,3-12H2,1-2H3. The van der Waals surface area contributed by atoms with Gasteiger partial charge in [0.1, 0.15) is 11.6 Å². The topological polar surface area (TPSA) is 50.1 Å². The molecular weight excluding hydrogens is 332 g/mol. The maximum Gasteiger partial charge on any atom is 0.163 e. The van der Waals surface area contributed by atoms with Gasteiger partial charge in [0.05, 0.1) is 11.6 Å². The van der Waals surface area contributed by atoms with Gasteiger partial charge in [-0.25, -0.2) is 9.97 Å². The summed E-state index contributed by atoms with van der Waals surface area (Å²) in [6.07, 6.45) is 6.39. The fourth-order valence-corrected chi connectivity index (χ4v) is 4.94. The van der Waals surface area contributed by atoms with Gasteiger partial charge in [-0.05, 0) is 19.3 Å². The van der Waals surface area contributed by atoms with Crippen LogP contribution < -0.4 is 4.90 Å². The smallest absolute Gasteiger partial charge is 0.163 e. The summed E-state index contributed by atoms with van der Waals surface area (Å²) in [5.41, 5.74) is 0.962. The van der Waals surface area contributed by atoms with Gasteiger partial charge in [0.2, 0.25) is 0 Å². The predicted molar refractivity (Wildman–Crippen MR) is 104 cm³/mol. The van der Waals surface area contributed by atoms with Crippen molar-refractivity contribution in [1.29, 1.82) is 0 Å². The Morgan fingerprint density at radius 2 is 1.88 bits per heavy atom. The van der Waals surface area contributed by atoms with E-state index in [4.69, 9.17) is 9.97 Å². The Kier molecular flexibility index (Phi) is 5.12. The summed E-state index contributed by atoms with van der Waals surface area (Å²) in [7, 11) is 1.97. The van der Waals surface area contributed by atoms with Crippen LogP contribution in [0.3, 0.4) is 0 Å². The van der Waals surface area contributed by atoms with E-state index in [9.17, 15) is 0 Å². The number of aromatic nitrogens is 4. The maximum atomic E-state index is 4.91. The van der Waals surface area contributed by atoms with Crippen LogP contribution in [0.1, 0.15) is 32.0 Å². The Bertz CT molecular complexity index is 716. The third kappa shape index (κ3) is 3.49. The summed E-state index contributed by atoms with van der Waals surface area (Å²) in [4.78, 5) is 14.8. The van der Waals surface area contributed by atoms with E-state index in [1.165, 1.54) is 37.4 Å². The van der Waals surface area contributed by atoms with Gasteiger partial charge in [0, 0.05) is 57.2 Å². The molecule has 136 valence electrons. The number of piperidine rings is 1. The fourth-order valence-electron chi connectivity index (χ4n) is 4.01. The zero-order valence-electron chi connectivity index (χ0n) is 15.3. The monoisotopic (exact) mass is 360 g/mol. The van der Waals surface area contributed by atoms with Gasteiger partial charge in [-0.15, -0.1) is 0 Å². The van der Waals surface area contributed by atoms with Crippen LogP contribution in [0.25, 0.3) is 11.0 Å². The molecule has 0 aromatic carbocycles. The quantitative estimate of drug-likeness (QED) is 0.834. The highest BCUT2D eigenvalue weighted by molar-refractivity contribution is 7.99. The van der Waals surface area contributed by atoms with E-state index in [0.717, 1.165) is 54.6 Å². The van der Waals surface area contributed by atoms with Crippen LogP contribution in [0.2, 0.25) is 0 Å². The van der Waals surface area contributed by atoms with Crippen molar-refractivity contribution < 1.29 is 0 Å².